The number of amides is 3. The highest BCUT2D eigenvalue weighted by atomic mass is 32.2. The third-order valence-corrected chi connectivity index (χ3v) is 8.63. The number of nitrogens with two attached hydrogens (primary N) is 3. The molecular formula is C33H43N9O5S. The third kappa shape index (κ3) is 9.75. The summed E-state index contributed by atoms with van der Waals surface area (Å²) in [5.41, 5.74) is 20.6. The molecule has 0 spiro atoms. The number of carboxylic acids is 1. The number of fused-ring (bicyclic) bond motifs is 2. The molecule has 4 atom stereocenters. The molecule has 0 radical (unpaired) electrons. The van der Waals surface area contributed by atoms with Crippen LogP contribution in [0.15, 0.2) is 65.9 Å². The molecule has 12 N–H and O–H groups in total. The second-order valence-electron chi connectivity index (χ2n) is 11.5. The average Bonchev–Trinajstić information content (AvgIpc) is 3.67. The maximum atomic E-state index is 14.0. The maximum Gasteiger partial charge on any atom is 0.326 e. The monoisotopic (exact) mass is 677 g/mol. The van der Waals surface area contributed by atoms with Crippen LogP contribution in [0, 0.1) is 0 Å². The van der Waals surface area contributed by atoms with Gasteiger partial charge in [0, 0.05) is 47.2 Å². The van der Waals surface area contributed by atoms with Crippen LogP contribution in [0.25, 0.3) is 21.8 Å². The van der Waals surface area contributed by atoms with E-state index in [0.717, 1.165) is 32.9 Å². The topological polar surface area (TPSA) is 247 Å². The first-order chi connectivity index (χ1) is 23.1. The first kappa shape index (κ1) is 35.8. The molecule has 14 nitrogen and oxygen atoms in total. The number of hydrogen-bond acceptors (Lipinski definition) is 7. The Kier molecular flexibility index (Phi) is 12.9. The number of thioether (sulfide) groups is 1. The largest absolute Gasteiger partial charge is 0.480 e. The van der Waals surface area contributed by atoms with Gasteiger partial charge in [0.25, 0.3) is 0 Å². The second-order valence-corrected chi connectivity index (χ2v) is 12.5. The molecular weight excluding hydrogens is 634 g/mol. The van der Waals surface area contributed by atoms with Crippen molar-refractivity contribution in [3.8, 4) is 0 Å². The van der Waals surface area contributed by atoms with Crippen molar-refractivity contribution in [3.63, 3.8) is 0 Å². The number of rotatable bonds is 18. The second kappa shape index (κ2) is 17.2. The van der Waals surface area contributed by atoms with E-state index in [1.807, 2.05) is 61.0 Å². The van der Waals surface area contributed by atoms with Gasteiger partial charge in [0.15, 0.2) is 5.96 Å². The Morgan fingerprint density at radius 1 is 0.792 bits per heavy atom. The van der Waals surface area contributed by atoms with Gasteiger partial charge in [-0.1, -0.05) is 36.4 Å². The normalized spacial score (nSPS) is 13.7. The summed E-state index contributed by atoms with van der Waals surface area (Å²) in [6, 6.07) is 10.9. The zero-order chi connectivity index (χ0) is 34.6. The number of nitrogens with zero attached hydrogens (tertiary/aromatic N) is 1. The molecule has 256 valence electrons. The molecule has 2 aromatic carbocycles. The first-order valence-corrected chi connectivity index (χ1v) is 17.0. The van der Waals surface area contributed by atoms with E-state index in [1.54, 1.807) is 6.20 Å². The van der Waals surface area contributed by atoms with E-state index in [0.29, 0.717) is 12.2 Å². The minimum atomic E-state index is -1.18. The van der Waals surface area contributed by atoms with E-state index in [1.165, 1.54) is 11.8 Å². The van der Waals surface area contributed by atoms with Gasteiger partial charge >= 0.3 is 5.97 Å². The Morgan fingerprint density at radius 2 is 1.33 bits per heavy atom. The van der Waals surface area contributed by atoms with Gasteiger partial charge in [0.1, 0.15) is 18.1 Å². The molecule has 0 aliphatic heterocycles. The highest BCUT2D eigenvalue weighted by Gasteiger charge is 2.31. The highest BCUT2D eigenvalue weighted by Crippen LogP contribution is 2.21. The fraction of sp³-hybridized carbons (Fsp3) is 0.364. The van der Waals surface area contributed by atoms with Crippen LogP contribution in [0.4, 0.5) is 0 Å². The van der Waals surface area contributed by atoms with E-state index in [9.17, 15) is 24.3 Å². The summed E-state index contributed by atoms with van der Waals surface area (Å²) in [5, 5.41) is 19.6. The van der Waals surface area contributed by atoms with Crippen LogP contribution in [0.2, 0.25) is 0 Å². The van der Waals surface area contributed by atoms with Crippen LogP contribution in [-0.2, 0) is 32.0 Å². The number of H-pyrrole nitrogens is 2. The molecule has 15 heteroatoms. The number of carbonyl (C=O) groups is 4. The van der Waals surface area contributed by atoms with E-state index in [4.69, 9.17) is 17.2 Å². The predicted molar refractivity (Wildman–Crippen MR) is 188 cm³/mol. The van der Waals surface area contributed by atoms with Crippen molar-refractivity contribution in [1.29, 1.82) is 0 Å². The Morgan fingerprint density at radius 3 is 1.92 bits per heavy atom. The molecule has 0 bridgehead atoms. The fourth-order valence-corrected chi connectivity index (χ4v) is 5.92. The molecule has 0 aliphatic rings. The standard InChI is InChI=1S/C33H43N9O5S/c1-48-14-12-27(32(46)47)41-30(44)26(11-6-13-37-33(35)36)40-31(45)28(16-20-18-39-25-10-5-3-8-22(20)25)42-29(43)23(34)15-19-17-38-24-9-4-2-7-21(19)24/h2-5,7-10,17-18,23,26-28,38-39H,6,11-16,34H2,1H3,(H,40,45)(H,41,44)(H,42,43)(H,46,47)(H4,35,36,37). The van der Waals surface area contributed by atoms with Gasteiger partial charge in [-0.15, -0.1) is 0 Å². The Hall–Kier alpha value is -5.02. The summed E-state index contributed by atoms with van der Waals surface area (Å²) in [6.07, 6.45) is 6.35. The summed E-state index contributed by atoms with van der Waals surface area (Å²) in [4.78, 5) is 63.0. The smallest absolute Gasteiger partial charge is 0.326 e. The number of aliphatic carboxylic acids is 1. The van der Waals surface area contributed by atoms with Gasteiger partial charge in [-0.2, -0.15) is 11.8 Å². The number of aromatic amines is 2. The Balaban J connectivity index is 1.56. The van der Waals surface area contributed by atoms with E-state index in [-0.39, 0.29) is 38.2 Å². The molecule has 3 amide bonds. The Labute approximate surface area is 282 Å². The summed E-state index contributed by atoms with van der Waals surface area (Å²) in [6.45, 7) is 0.189. The van der Waals surface area contributed by atoms with E-state index in [2.05, 4.69) is 30.9 Å². The lowest BCUT2D eigenvalue weighted by molar-refractivity contribution is -0.142. The van der Waals surface area contributed by atoms with Crippen molar-refractivity contribution in [2.75, 3.05) is 18.6 Å². The quantitative estimate of drug-likeness (QED) is 0.0415. The van der Waals surface area contributed by atoms with Crippen LogP contribution in [0.5, 0.6) is 0 Å². The van der Waals surface area contributed by atoms with Gasteiger partial charge < -0.3 is 48.2 Å². The molecule has 4 rings (SSSR count). The van der Waals surface area contributed by atoms with Crippen LogP contribution in [0.1, 0.15) is 30.4 Å². The van der Waals surface area contributed by atoms with Gasteiger partial charge in [-0.05, 0) is 61.0 Å². The van der Waals surface area contributed by atoms with Crippen molar-refractivity contribution >= 4 is 63.2 Å². The molecule has 0 fully saturated rings. The zero-order valence-corrected chi connectivity index (χ0v) is 27.5. The summed E-state index contributed by atoms with van der Waals surface area (Å²) >= 11 is 1.45. The lowest BCUT2D eigenvalue weighted by atomic mass is 10.0. The molecule has 48 heavy (non-hydrogen) atoms. The van der Waals surface area contributed by atoms with Crippen molar-refractivity contribution < 1.29 is 24.3 Å². The predicted octanol–water partition coefficient (Wildman–Crippen LogP) is 1.11. The average molecular weight is 678 g/mol. The zero-order valence-electron chi connectivity index (χ0n) is 26.7. The number of guanidine groups is 1. The number of para-hydroxylation sites is 2. The number of benzene rings is 2. The van der Waals surface area contributed by atoms with Crippen LogP contribution in [-0.4, -0.2) is 87.4 Å². The fourth-order valence-electron chi connectivity index (χ4n) is 5.45. The number of carboxylic acid groups (broad SMARTS) is 1. The van der Waals surface area contributed by atoms with Crippen LogP contribution >= 0.6 is 11.8 Å². The molecule has 4 unspecified atom stereocenters. The minimum Gasteiger partial charge on any atom is -0.480 e. The molecule has 2 aromatic heterocycles. The van der Waals surface area contributed by atoms with Gasteiger partial charge in [0.2, 0.25) is 17.7 Å². The van der Waals surface area contributed by atoms with Gasteiger partial charge in [-0.25, -0.2) is 4.79 Å². The van der Waals surface area contributed by atoms with Crippen molar-refractivity contribution in [2.45, 2.75) is 56.3 Å². The summed E-state index contributed by atoms with van der Waals surface area (Å²) < 4.78 is 0. The lowest BCUT2D eigenvalue weighted by Gasteiger charge is -2.25. The SMILES string of the molecule is CSCCC(NC(=O)C(CCCN=C(N)N)NC(=O)C(Cc1c[nH]c2ccccc12)NC(=O)C(N)Cc1c[nH]c2ccccc12)C(=O)O. The van der Waals surface area contributed by atoms with Crippen LogP contribution in [0.3, 0.4) is 0 Å². The Bertz CT molecular complexity index is 1750. The number of nitrogens with one attached hydrogen (secondary N) is 5. The summed E-state index contributed by atoms with van der Waals surface area (Å²) in [7, 11) is 0. The number of aliphatic imine (C=N–C) groups is 1. The number of aromatic nitrogens is 2. The number of carbonyl (C=O) groups excluding carboxylic acids is 3. The van der Waals surface area contributed by atoms with Crippen molar-refractivity contribution in [1.82, 2.24) is 25.9 Å². The molecule has 4 aromatic rings. The van der Waals surface area contributed by atoms with Gasteiger partial charge in [-0.3, -0.25) is 19.4 Å². The van der Waals surface area contributed by atoms with Crippen molar-refractivity contribution in [3.05, 3.63) is 72.1 Å². The first-order valence-electron chi connectivity index (χ1n) is 15.6. The van der Waals surface area contributed by atoms with E-state index < -0.39 is 47.9 Å². The highest BCUT2D eigenvalue weighted by molar-refractivity contribution is 7.98. The van der Waals surface area contributed by atoms with E-state index >= 15 is 0 Å². The lowest BCUT2D eigenvalue weighted by Crippen LogP contribution is -2.57. The van der Waals surface area contributed by atoms with Crippen molar-refractivity contribution in [2.24, 2.45) is 22.2 Å². The van der Waals surface area contributed by atoms with Gasteiger partial charge in [0.05, 0.1) is 6.04 Å². The molecule has 0 saturated carbocycles. The molecule has 2 heterocycles. The maximum absolute atomic E-state index is 14.0. The molecule has 0 saturated heterocycles. The summed E-state index contributed by atoms with van der Waals surface area (Å²) in [5.74, 6) is -2.64. The third-order valence-electron chi connectivity index (χ3n) is 7.99. The molecule has 0 aliphatic carbocycles. The van der Waals surface area contributed by atoms with Crippen LogP contribution < -0.4 is 33.2 Å². The minimum absolute atomic E-state index is 0.0925. The number of hydrogen-bond donors (Lipinski definition) is 9.